The first-order chi connectivity index (χ1) is 20.7. The second kappa shape index (κ2) is 16.6. The van der Waals surface area contributed by atoms with Gasteiger partial charge in [0.1, 0.15) is 6.61 Å². The summed E-state index contributed by atoms with van der Waals surface area (Å²) >= 11 is 0. The first-order valence-electron chi connectivity index (χ1n) is 14.0. The van der Waals surface area contributed by atoms with Gasteiger partial charge in [-0.05, 0) is 61.6 Å². The summed E-state index contributed by atoms with van der Waals surface area (Å²) in [7, 11) is 10.9. The maximum atomic E-state index is 11.7. The van der Waals surface area contributed by atoms with Crippen LogP contribution in [-0.2, 0) is 33.2 Å². The van der Waals surface area contributed by atoms with Crippen LogP contribution in [0, 0.1) is 12.5 Å². The number of methoxy groups -OCH3 is 6. The Kier molecular flexibility index (Phi) is 13.3. The molecule has 2 aromatic carbocycles. The zero-order chi connectivity index (χ0) is 31.4. The molecular formula is C31H44NO11. The lowest BCUT2D eigenvalue weighted by atomic mass is 9.98. The quantitative estimate of drug-likeness (QED) is 0.234. The van der Waals surface area contributed by atoms with Gasteiger partial charge in [-0.1, -0.05) is 6.92 Å². The van der Waals surface area contributed by atoms with Gasteiger partial charge in [0, 0.05) is 53.0 Å². The van der Waals surface area contributed by atoms with Gasteiger partial charge in [-0.2, -0.15) is 0 Å². The number of amides is 1. The Labute approximate surface area is 253 Å². The van der Waals surface area contributed by atoms with Crippen LogP contribution in [0.2, 0.25) is 0 Å². The Balaban J connectivity index is 1.88. The third-order valence-electron chi connectivity index (χ3n) is 6.99. The lowest BCUT2D eigenvalue weighted by Gasteiger charge is -2.29. The van der Waals surface area contributed by atoms with E-state index in [1.165, 1.54) is 14.2 Å². The van der Waals surface area contributed by atoms with E-state index in [0.29, 0.717) is 35.8 Å². The van der Waals surface area contributed by atoms with Crippen molar-refractivity contribution < 1.29 is 52.2 Å². The second-order valence-corrected chi connectivity index (χ2v) is 9.94. The van der Waals surface area contributed by atoms with Crippen molar-refractivity contribution in [3.05, 3.63) is 54.1 Å². The van der Waals surface area contributed by atoms with Crippen LogP contribution in [0.3, 0.4) is 0 Å². The van der Waals surface area contributed by atoms with E-state index in [-0.39, 0.29) is 11.8 Å². The van der Waals surface area contributed by atoms with Crippen LogP contribution in [0.1, 0.15) is 56.3 Å². The molecule has 1 heterocycles. The van der Waals surface area contributed by atoms with Crippen molar-refractivity contribution in [2.24, 2.45) is 5.92 Å². The second-order valence-electron chi connectivity index (χ2n) is 9.94. The standard InChI is InChI=1S/C31H44NO11/c1-20(10-16-28(33)32-2)9-13-23-19-40-31(41-23,42-24-14-11-21(17-26(24)34-3)29(36-5)37-6)43-25-15-12-22(18-27(25)35-4)30(38-7)39-8/h11-12,14-15,17-20,23,29-30H,9-10,13,16H2,1-8H3,(H,32,33). The van der Waals surface area contributed by atoms with Crippen molar-refractivity contribution >= 4 is 5.91 Å². The molecule has 1 fully saturated rings. The van der Waals surface area contributed by atoms with Gasteiger partial charge < -0.3 is 43.2 Å². The minimum atomic E-state index is -2.01. The number of rotatable bonds is 18. The zero-order valence-electron chi connectivity index (χ0n) is 26.2. The molecule has 1 N–H and O–H groups in total. The van der Waals surface area contributed by atoms with Gasteiger partial charge in [0.05, 0.1) is 20.3 Å². The van der Waals surface area contributed by atoms with Crippen LogP contribution in [-0.4, -0.2) is 67.9 Å². The Morgan fingerprint density at radius 2 is 1.33 bits per heavy atom. The molecule has 1 saturated heterocycles. The minimum Gasteiger partial charge on any atom is -0.493 e. The molecule has 1 amide bonds. The van der Waals surface area contributed by atoms with Crippen LogP contribution in [0.15, 0.2) is 36.4 Å². The highest BCUT2D eigenvalue weighted by molar-refractivity contribution is 5.75. The Bertz CT molecular complexity index is 1090. The fraction of sp³-hybridized carbons (Fsp3) is 0.548. The molecule has 0 spiro atoms. The normalized spacial score (nSPS) is 16.7. The van der Waals surface area contributed by atoms with E-state index in [4.69, 9.17) is 47.4 Å². The van der Waals surface area contributed by atoms with Crippen molar-refractivity contribution in [3.8, 4) is 23.0 Å². The number of hydrogen-bond donors (Lipinski definition) is 1. The summed E-state index contributed by atoms with van der Waals surface area (Å²) in [4.78, 5) is 11.7. The van der Waals surface area contributed by atoms with Crippen LogP contribution in [0.4, 0.5) is 0 Å². The molecule has 3 rings (SSSR count). The molecule has 0 aliphatic carbocycles. The molecule has 1 aliphatic heterocycles. The number of carbonyl (C=O) groups excluding carboxylic acids is 1. The molecule has 2 atom stereocenters. The van der Waals surface area contributed by atoms with Crippen LogP contribution < -0.4 is 24.3 Å². The molecular weight excluding hydrogens is 562 g/mol. The summed E-state index contributed by atoms with van der Waals surface area (Å²) < 4.78 is 57.5. The van der Waals surface area contributed by atoms with E-state index in [1.807, 2.05) is 0 Å². The maximum absolute atomic E-state index is 11.7. The van der Waals surface area contributed by atoms with E-state index in [0.717, 1.165) is 24.0 Å². The summed E-state index contributed by atoms with van der Waals surface area (Å²) in [5, 5.41) is 2.65. The van der Waals surface area contributed by atoms with Crippen LogP contribution >= 0.6 is 0 Å². The molecule has 1 radical (unpaired) electrons. The lowest BCUT2D eigenvalue weighted by molar-refractivity contribution is -0.397. The molecule has 0 bridgehead atoms. The third-order valence-corrected chi connectivity index (χ3v) is 6.99. The fourth-order valence-electron chi connectivity index (χ4n) is 4.58. The van der Waals surface area contributed by atoms with Crippen molar-refractivity contribution in [2.75, 3.05) is 49.7 Å². The molecule has 12 heteroatoms. The average molecular weight is 607 g/mol. The molecule has 1 aliphatic rings. The number of carbonyl (C=O) groups is 1. The summed E-state index contributed by atoms with van der Waals surface area (Å²) in [5.74, 6) is 1.64. The molecule has 0 saturated carbocycles. The Morgan fingerprint density at radius 1 is 0.814 bits per heavy atom. The van der Waals surface area contributed by atoms with Gasteiger partial charge in [0.15, 0.2) is 35.6 Å². The van der Waals surface area contributed by atoms with E-state index in [2.05, 4.69) is 12.2 Å². The highest BCUT2D eigenvalue weighted by Gasteiger charge is 2.49. The topological polar surface area (TPSA) is 121 Å². The zero-order valence-corrected chi connectivity index (χ0v) is 26.2. The summed E-state index contributed by atoms with van der Waals surface area (Å²) in [6.45, 7) is 3.64. The van der Waals surface area contributed by atoms with Crippen LogP contribution in [0.25, 0.3) is 0 Å². The van der Waals surface area contributed by atoms with E-state index >= 15 is 0 Å². The Morgan fingerprint density at radius 3 is 1.77 bits per heavy atom. The predicted octanol–water partition coefficient (Wildman–Crippen LogP) is 4.88. The van der Waals surface area contributed by atoms with Gasteiger partial charge in [0.2, 0.25) is 5.91 Å². The third kappa shape index (κ3) is 9.18. The highest BCUT2D eigenvalue weighted by Crippen LogP contribution is 2.42. The van der Waals surface area contributed by atoms with E-state index in [9.17, 15) is 4.79 Å². The monoisotopic (exact) mass is 606 g/mol. The van der Waals surface area contributed by atoms with E-state index in [1.54, 1.807) is 78.5 Å². The number of nitrogens with one attached hydrogen (secondary N) is 1. The summed E-state index contributed by atoms with van der Waals surface area (Å²) in [5.41, 5.74) is 1.44. The molecule has 43 heavy (non-hydrogen) atoms. The average Bonchev–Trinajstić information content (AvgIpc) is 3.43. The molecule has 239 valence electrons. The SMILES string of the molecule is CNC(=O)CCC(C)CCC1[CH]OC(Oc2ccc(C(OC)OC)cc2OC)(Oc2ccc(C(OC)OC)cc2OC)O1. The van der Waals surface area contributed by atoms with Gasteiger partial charge >= 0.3 is 6.16 Å². The predicted molar refractivity (Wildman–Crippen MR) is 155 cm³/mol. The smallest absolute Gasteiger partial charge is 0.493 e. The molecule has 2 aromatic rings. The number of ether oxygens (including phenoxy) is 10. The Hall–Kier alpha value is -3.13. The molecule has 2 unspecified atom stereocenters. The summed E-state index contributed by atoms with van der Waals surface area (Å²) in [6, 6.07) is 10.4. The summed E-state index contributed by atoms with van der Waals surface area (Å²) in [6.07, 6.45) is -1.04. The fourth-order valence-corrected chi connectivity index (χ4v) is 4.58. The first kappa shape index (κ1) is 34.4. The van der Waals surface area contributed by atoms with Gasteiger partial charge in [-0.3, -0.25) is 14.3 Å². The number of hydrogen-bond acceptors (Lipinski definition) is 11. The van der Waals surface area contributed by atoms with Crippen molar-refractivity contribution in [1.82, 2.24) is 5.32 Å². The largest absolute Gasteiger partial charge is 0.511 e. The van der Waals surface area contributed by atoms with Gasteiger partial charge in [0.25, 0.3) is 0 Å². The maximum Gasteiger partial charge on any atom is 0.511 e. The van der Waals surface area contributed by atoms with Crippen LogP contribution in [0.5, 0.6) is 23.0 Å². The first-order valence-corrected chi connectivity index (χ1v) is 14.0. The van der Waals surface area contributed by atoms with Crippen molar-refractivity contribution in [2.45, 2.75) is 57.5 Å². The van der Waals surface area contributed by atoms with Gasteiger partial charge in [-0.25, -0.2) is 0 Å². The van der Waals surface area contributed by atoms with Gasteiger partial charge in [-0.15, -0.1) is 0 Å². The number of benzene rings is 2. The molecule has 0 aromatic heterocycles. The highest BCUT2D eigenvalue weighted by atomic mass is 17.0. The minimum absolute atomic E-state index is 0.0178. The van der Waals surface area contributed by atoms with Crippen molar-refractivity contribution in [1.29, 1.82) is 0 Å². The van der Waals surface area contributed by atoms with Crippen molar-refractivity contribution in [3.63, 3.8) is 0 Å². The molecule has 12 nitrogen and oxygen atoms in total. The van der Waals surface area contributed by atoms with E-state index < -0.39 is 24.8 Å². The lowest BCUT2D eigenvalue weighted by Crippen LogP contribution is -2.44.